The minimum Gasteiger partial charge on any atom is -0.481 e. The van der Waals surface area contributed by atoms with Gasteiger partial charge in [0.15, 0.2) is 0 Å². The van der Waals surface area contributed by atoms with Gasteiger partial charge in [-0.1, -0.05) is 23.7 Å². The molecule has 5 heteroatoms. The number of aliphatic carboxylic acids is 1. The van der Waals surface area contributed by atoms with Gasteiger partial charge >= 0.3 is 5.97 Å². The quantitative estimate of drug-likeness (QED) is 0.853. The average Bonchev–Trinajstić information content (AvgIpc) is 2.18. The van der Waals surface area contributed by atoms with Crippen LogP contribution in [0.3, 0.4) is 0 Å². The zero-order valence-electron chi connectivity index (χ0n) is 9.23. The van der Waals surface area contributed by atoms with E-state index in [2.05, 4.69) is 0 Å². The second-order valence-electron chi connectivity index (χ2n) is 4.36. The molecule has 1 aromatic rings. The Morgan fingerprint density at radius 3 is 2.47 bits per heavy atom. The molecular formula is C12H14ClNO3. The lowest BCUT2D eigenvalue weighted by molar-refractivity contribution is -0.140. The Hall–Kier alpha value is -1.10. The number of benzene rings is 1. The number of ether oxygens (including phenoxy) is 1. The first-order valence-corrected chi connectivity index (χ1v) is 5.73. The number of carboxylic acids is 1. The number of carbonyl (C=O) groups is 1. The summed E-state index contributed by atoms with van der Waals surface area (Å²) in [5.74, 6) is -0.891. The van der Waals surface area contributed by atoms with Crippen molar-refractivity contribution in [1.29, 1.82) is 0 Å². The van der Waals surface area contributed by atoms with Gasteiger partial charge in [0.05, 0.1) is 25.0 Å². The highest BCUT2D eigenvalue weighted by Crippen LogP contribution is 2.36. The third-order valence-corrected chi connectivity index (χ3v) is 3.49. The molecular weight excluding hydrogens is 242 g/mol. The summed E-state index contributed by atoms with van der Waals surface area (Å²) >= 11 is 5.83. The average molecular weight is 256 g/mol. The van der Waals surface area contributed by atoms with E-state index in [0.717, 1.165) is 5.56 Å². The van der Waals surface area contributed by atoms with E-state index in [-0.39, 0.29) is 11.8 Å². The highest BCUT2D eigenvalue weighted by atomic mass is 35.5. The molecule has 2 rings (SSSR count). The van der Waals surface area contributed by atoms with Gasteiger partial charge in [-0.05, 0) is 17.7 Å². The van der Waals surface area contributed by atoms with Gasteiger partial charge in [-0.25, -0.2) is 0 Å². The Kier molecular flexibility index (Phi) is 3.38. The Morgan fingerprint density at radius 2 is 2.06 bits per heavy atom. The van der Waals surface area contributed by atoms with Crippen molar-refractivity contribution in [3.8, 4) is 0 Å². The van der Waals surface area contributed by atoms with Crippen molar-refractivity contribution >= 4 is 17.6 Å². The smallest absolute Gasteiger partial charge is 0.304 e. The van der Waals surface area contributed by atoms with Crippen LogP contribution >= 0.6 is 11.6 Å². The molecule has 0 amide bonds. The SMILES string of the molecule is NC(CC(=O)O)C1(c2ccc(Cl)cc2)COC1. The van der Waals surface area contributed by atoms with E-state index in [4.69, 9.17) is 27.2 Å². The number of rotatable bonds is 4. The van der Waals surface area contributed by atoms with Crippen LogP contribution in [0, 0.1) is 0 Å². The van der Waals surface area contributed by atoms with Crippen LogP contribution in [0.25, 0.3) is 0 Å². The maximum Gasteiger partial charge on any atom is 0.304 e. The third kappa shape index (κ3) is 2.29. The first-order valence-electron chi connectivity index (χ1n) is 5.36. The second-order valence-corrected chi connectivity index (χ2v) is 4.80. The zero-order valence-corrected chi connectivity index (χ0v) is 9.98. The first-order chi connectivity index (χ1) is 8.04. The summed E-state index contributed by atoms with van der Waals surface area (Å²) in [4.78, 5) is 10.7. The van der Waals surface area contributed by atoms with Crippen LogP contribution in [0.15, 0.2) is 24.3 Å². The predicted octanol–water partition coefficient (Wildman–Crippen LogP) is 1.41. The fourth-order valence-electron chi connectivity index (χ4n) is 2.08. The van der Waals surface area contributed by atoms with Gasteiger partial charge in [0.25, 0.3) is 0 Å². The molecule has 4 nitrogen and oxygen atoms in total. The molecule has 1 fully saturated rings. The molecule has 0 aromatic heterocycles. The number of halogens is 1. The van der Waals surface area contributed by atoms with E-state index in [1.807, 2.05) is 12.1 Å². The predicted molar refractivity (Wildman–Crippen MR) is 64.2 cm³/mol. The molecule has 0 bridgehead atoms. The number of hydrogen-bond donors (Lipinski definition) is 2. The van der Waals surface area contributed by atoms with Crippen LogP contribution in [0.2, 0.25) is 5.02 Å². The Morgan fingerprint density at radius 1 is 1.47 bits per heavy atom. The third-order valence-electron chi connectivity index (χ3n) is 3.24. The van der Waals surface area contributed by atoms with Crippen molar-refractivity contribution in [2.45, 2.75) is 17.9 Å². The molecule has 0 saturated carbocycles. The molecule has 1 unspecified atom stereocenters. The molecule has 1 heterocycles. The summed E-state index contributed by atoms with van der Waals surface area (Å²) < 4.78 is 5.22. The summed E-state index contributed by atoms with van der Waals surface area (Å²) in [6.45, 7) is 0.923. The fourth-order valence-corrected chi connectivity index (χ4v) is 2.21. The highest BCUT2D eigenvalue weighted by molar-refractivity contribution is 6.30. The van der Waals surface area contributed by atoms with Crippen molar-refractivity contribution in [2.24, 2.45) is 5.73 Å². The molecule has 1 aliphatic heterocycles. The van der Waals surface area contributed by atoms with Gasteiger partial charge in [-0.15, -0.1) is 0 Å². The largest absolute Gasteiger partial charge is 0.481 e. The summed E-state index contributed by atoms with van der Waals surface area (Å²) in [6.07, 6.45) is -0.0635. The molecule has 1 atom stereocenters. The minimum absolute atomic E-state index is 0.0635. The highest BCUT2D eigenvalue weighted by Gasteiger charge is 2.46. The lowest BCUT2D eigenvalue weighted by atomic mass is 9.72. The summed E-state index contributed by atoms with van der Waals surface area (Å²) in [5.41, 5.74) is 6.59. The van der Waals surface area contributed by atoms with Crippen LogP contribution in [0.1, 0.15) is 12.0 Å². The number of nitrogens with two attached hydrogens (primary N) is 1. The summed E-state index contributed by atoms with van der Waals surface area (Å²) in [7, 11) is 0. The first kappa shape index (κ1) is 12.4. The van der Waals surface area contributed by atoms with Crippen molar-refractivity contribution in [1.82, 2.24) is 0 Å². The minimum atomic E-state index is -0.891. The van der Waals surface area contributed by atoms with E-state index >= 15 is 0 Å². The monoisotopic (exact) mass is 255 g/mol. The normalized spacial score (nSPS) is 19.4. The molecule has 1 aromatic carbocycles. The molecule has 92 valence electrons. The molecule has 17 heavy (non-hydrogen) atoms. The van der Waals surface area contributed by atoms with E-state index in [9.17, 15) is 4.79 Å². The van der Waals surface area contributed by atoms with Gasteiger partial charge in [0, 0.05) is 11.1 Å². The molecule has 0 aliphatic carbocycles. The van der Waals surface area contributed by atoms with Gasteiger partial charge in [0.2, 0.25) is 0 Å². The van der Waals surface area contributed by atoms with E-state index < -0.39 is 12.0 Å². The molecule has 1 saturated heterocycles. The maximum absolute atomic E-state index is 10.7. The standard InChI is InChI=1S/C12H14ClNO3/c13-9-3-1-8(2-4-9)12(6-17-7-12)10(14)5-11(15)16/h1-4,10H,5-7,14H2,(H,15,16). The van der Waals surface area contributed by atoms with Crippen LogP contribution in [-0.2, 0) is 14.9 Å². The number of carboxylic acid groups (broad SMARTS) is 1. The van der Waals surface area contributed by atoms with Crippen LogP contribution < -0.4 is 5.73 Å². The van der Waals surface area contributed by atoms with Crippen LogP contribution in [0.4, 0.5) is 0 Å². The van der Waals surface area contributed by atoms with Crippen molar-refractivity contribution < 1.29 is 14.6 Å². The summed E-state index contributed by atoms with van der Waals surface area (Å²) in [6, 6.07) is 6.88. The lowest BCUT2D eigenvalue weighted by Crippen LogP contribution is -2.59. The van der Waals surface area contributed by atoms with Crippen LogP contribution in [-0.4, -0.2) is 30.3 Å². The van der Waals surface area contributed by atoms with Gasteiger partial charge in [-0.3, -0.25) is 4.79 Å². The maximum atomic E-state index is 10.7. The van der Waals surface area contributed by atoms with Gasteiger partial charge in [-0.2, -0.15) is 0 Å². The zero-order chi connectivity index (χ0) is 12.5. The number of hydrogen-bond acceptors (Lipinski definition) is 3. The molecule has 0 radical (unpaired) electrons. The lowest BCUT2D eigenvalue weighted by Gasteiger charge is -2.45. The molecule has 3 N–H and O–H groups in total. The fraction of sp³-hybridized carbons (Fsp3) is 0.417. The Labute approximate surface area is 104 Å². The summed E-state index contributed by atoms with van der Waals surface area (Å²) in [5, 5.41) is 9.46. The molecule has 0 spiro atoms. The second kappa shape index (κ2) is 4.64. The van der Waals surface area contributed by atoms with Gasteiger partial charge in [0.1, 0.15) is 0 Å². The Balaban J connectivity index is 2.24. The van der Waals surface area contributed by atoms with Crippen molar-refractivity contribution in [3.05, 3.63) is 34.9 Å². The van der Waals surface area contributed by atoms with E-state index in [0.29, 0.717) is 18.2 Å². The van der Waals surface area contributed by atoms with E-state index in [1.54, 1.807) is 12.1 Å². The van der Waals surface area contributed by atoms with Gasteiger partial charge < -0.3 is 15.6 Å². The topological polar surface area (TPSA) is 72.6 Å². The van der Waals surface area contributed by atoms with E-state index in [1.165, 1.54) is 0 Å². The molecule has 1 aliphatic rings. The Bertz CT molecular complexity index is 414. The van der Waals surface area contributed by atoms with Crippen molar-refractivity contribution in [3.63, 3.8) is 0 Å². The van der Waals surface area contributed by atoms with Crippen molar-refractivity contribution in [2.75, 3.05) is 13.2 Å². The van der Waals surface area contributed by atoms with Crippen LogP contribution in [0.5, 0.6) is 0 Å².